The molecule has 2 bridgehead atoms. The molecule has 1 amide bonds. The number of fused-ring (bicyclic) bond motifs is 2. The third kappa shape index (κ3) is 2.24. The van der Waals surface area contributed by atoms with Crippen LogP contribution < -0.4 is 10.4 Å². The van der Waals surface area contributed by atoms with Crippen molar-refractivity contribution in [1.82, 2.24) is 10.2 Å². The Labute approximate surface area is 82.4 Å². The Kier molecular flexibility index (Phi) is 3.35. The van der Waals surface area contributed by atoms with Crippen molar-refractivity contribution in [3.8, 4) is 0 Å². The van der Waals surface area contributed by atoms with Gasteiger partial charge in [0.05, 0.1) is 12.2 Å². The molecule has 0 aliphatic carbocycles. The molecular formula is C7H12ClN2O3-. The molecule has 1 N–H and O–H groups in total. The quantitative estimate of drug-likeness (QED) is 0.521. The minimum absolute atomic E-state index is 0. The second kappa shape index (κ2) is 4.13. The van der Waals surface area contributed by atoms with E-state index in [-0.39, 0.29) is 24.6 Å². The van der Waals surface area contributed by atoms with Crippen LogP contribution in [-0.4, -0.2) is 49.4 Å². The lowest BCUT2D eigenvalue weighted by Gasteiger charge is -2.42. The van der Waals surface area contributed by atoms with Gasteiger partial charge in [-0.3, -0.25) is 0 Å². The van der Waals surface area contributed by atoms with E-state index < -0.39 is 6.09 Å². The summed E-state index contributed by atoms with van der Waals surface area (Å²) >= 11 is 0. The van der Waals surface area contributed by atoms with E-state index in [1.165, 1.54) is 4.90 Å². The normalized spacial score (nSPS) is 32.2. The number of rotatable bonds is 0. The van der Waals surface area contributed by atoms with Crippen molar-refractivity contribution in [2.45, 2.75) is 12.2 Å². The van der Waals surface area contributed by atoms with Crippen molar-refractivity contribution in [1.29, 1.82) is 0 Å². The van der Waals surface area contributed by atoms with E-state index in [4.69, 9.17) is 4.74 Å². The van der Waals surface area contributed by atoms with Crippen molar-refractivity contribution in [2.24, 2.45) is 0 Å². The van der Waals surface area contributed by atoms with Gasteiger partial charge in [-0.05, 0) is 0 Å². The van der Waals surface area contributed by atoms with E-state index in [0.29, 0.717) is 13.1 Å². The Morgan fingerprint density at radius 2 is 1.92 bits per heavy atom. The topological polar surface area (TPSA) is 64.6 Å². The van der Waals surface area contributed by atoms with E-state index in [9.17, 15) is 9.90 Å². The number of carboxylic acid groups (broad SMARTS) is 1. The van der Waals surface area contributed by atoms with Crippen LogP contribution in [0.4, 0.5) is 4.79 Å². The first-order valence-electron chi connectivity index (χ1n) is 4.08. The van der Waals surface area contributed by atoms with E-state index in [2.05, 4.69) is 5.32 Å². The third-order valence-corrected chi connectivity index (χ3v) is 2.24. The first-order valence-corrected chi connectivity index (χ1v) is 4.08. The highest BCUT2D eigenvalue weighted by Gasteiger charge is 2.30. The molecule has 2 atom stereocenters. The Morgan fingerprint density at radius 3 is 2.38 bits per heavy atom. The van der Waals surface area contributed by atoms with Crippen LogP contribution in [0, 0.1) is 0 Å². The monoisotopic (exact) mass is 207 g/mol. The van der Waals surface area contributed by atoms with Crippen molar-refractivity contribution < 1.29 is 14.6 Å². The largest absolute Gasteiger partial charge is 0.530 e. The summed E-state index contributed by atoms with van der Waals surface area (Å²) < 4.78 is 5.51. The summed E-state index contributed by atoms with van der Waals surface area (Å²) in [6.45, 7) is 2.35. The fourth-order valence-electron chi connectivity index (χ4n) is 1.70. The van der Waals surface area contributed by atoms with Gasteiger partial charge in [0.15, 0.2) is 0 Å². The lowest BCUT2D eigenvalue weighted by molar-refractivity contribution is -0.272. The highest BCUT2D eigenvalue weighted by molar-refractivity contribution is 5.85. The van der Waals surface area contributed by atoms with Gasteiger partial charge >= 0.3 is 0 Å². The average Bonchev–Trinajstić information content (AvgIpc) is 2.03. The minimum atomic E-state index is -1.09. The maximum Gasteiger partial charge on any atom is 0.137 e. The molecule has 0 aromatic carbocycles. The molecule has 0 radical (unpaired) electrons. The summed E-state index contributed by atoms with van der Waals surface area (Å²) in [5, 5.41) is 13.7. The van der Waals surface area contributed by atoms with Gasteiger partial charge in [-0.2, -0.15) is 0 Å². The Balaban J connectivity index is 0.000000845. The number of morpholine rings is 2. The number of nitrogens with one attached hydrogen (secondary N) is 1. The molecule has 6 heteroatoms. The molecule has 0 spiro atoms. The van der Waals surface area contributed by atoms with Crippen LogP contribution >= 0.6 is 12.4 Å². The molecule has 2 fully saturated rings. The van der Waals surface area contributed by atoms with E-state index in [1.54, 1.807) is 0 Å². The maximum atomic E-state index is 10.5. The summed E-state index contributed by atoms with van der Waals surface area (Å²) in [5.74, 6) is 0. The fourth-order valence-corrected chi connectivity index (χ4v) is 1.70. The third-order valence-electron chi connectivity index (χ3n) is 2.24. The molecule has 0 aromatic rings. The number of hydrogen-bond acceptors (Lipinski definition) is 4. The molecule has 2 saturated heterocycles. The highest BCUT2D eigenvalue weighted by atomic mass is 35.5. The minimum Gasteiger partial charge on any atom is -0.530 e. The SMILES string of the molecule is Cl.O=C([O-])N1CC2CNCC(C1)O2. The summed E-state index contributed by atoms with van der Waals surface area (Å²) in [6, 6.07) is 0. The number of amides is 1. The predicted molar refractivity (Wildman–Crippen MR) is 45.7 cm³/mol. The molecule has 0 aromatic heterocycles. The average molecular weight is 208 g/mol. The zero-order valence-electron chi connectivity index (χ0n) is 7.06. The van der Waals surface area contributed by atoms with E-state index in [1.807, 2.05) is 0 Å². The highest BCUT2D eigenvalue weighted by Crippen LogP contribution is 2.13. The second-order valence-corrected chi connectivity index (χ2v) is 3.21. The predicted octanol–water partition coefficient (Wildman–Crippen LogP) is -1.58. The molecule has 2 rings (SSSR count). The van der Waals surface area contributed by atoms with Gasteiger partial charge in [0.25, 0.3) is 0 Å². The molecule has 2 aliphatic rings. The molecule has 76 valence electrons. The second-order valence-electron chi connectivity index (χ2n) is 3.21. The molecule has 0 saturated carbocycles. The smallest absolute Gasteiger partial charge is 0.137 e. The van der Waals surface area contributed by atoms with Crippen LogP contribution in [0.25, 0.3) is 0 Å². The van der Waals surface area contributed by atoms with E-state index >= 15 is 0 Å². The molecule has 2 unspecified atom stereocenters. The van der Waals surface area contributed by atoms with Crippen LogP contribution in [0.2, 0.25) is 0 Å². The summed E-state index contributed by atoms with van der Waals surface area (Å²) in [6.07, 6.45) is -1.07. The molecule has 5 nitrogen and oxygen atoms in total. The standard InChI is InChI=1S/C7H12N2O3.ClH/c10-7(11)9-3-5-1-8-2-6(4-9)12-5;/h5-6,8H,1-4H2,(H,10,11);1H/p-1. The molecule has 2 heterocycles. The molecule has 2 aliphatic heterocycles. The number of halogens is 1. The van der Waals surface area contributed by atoms with Gasteiger partial charge in [-0.25, -0.2) is 0 Å². The van der Waals surface area contributed by atoms with Gasteiger partial charge in [-0.15, -0.1) is 12.4 Å². The van der Waals surface area contributed by atoms with Crippen LogP contribution in [-0.2, 0) is 4.74 Å². The van der Waals surface area contributed by atoms with Gasteiger partial charge in [0.1, 0.15) is 6.09 Å². The zero-order valence-corrected chi connectivity index (χ0v) is 7.88. The molecular weight excluding hydrogens is 196 g/mol. The lowest BCUT2D eigenvalue weighted by atomic mass is 10.1. The van der Waals surface area contributed by atoms with Crippen molar-refractivity contribution in [2.75, 3.05) is 26.2 Å². The number of carbonyl (C=O) groups is 1. The van der Waals surface area contributed by atoms with E-state index in [0.717, 1.165) is 13.1 Å². The number of ether oxygens (including phenoxy) is 1. The van der Waals surface area contributed by atoms with Crippen molar-refractivity contribution in [3.63, 3.8) is 0 Å². The number of carbonyl (C=O) groups excluding carboxylic acids is 1. The lowest BCUT2D eigenvalue weighted by Crippen LogP contribution is -2.61. The van der Waals surface area contributed by atoms with Gasteiger partial charge in [0, 0.05) is 26.2 Å². The number of hydrogen-bond donors (Lipinski definition) is 1. The van der Waals surface area contributed by atoms with Crippen LogP contribution in [0.15, 0.2) is 0 Å². The first-order chi connectivity index (χ1) is 5.75. The molecule has 13 heavy (non-hydrogen) atoms. The maximum absolute atomic E-state index is 10.5. The fraction of sp³-hybridized carbons (Fsp3) is 0.857. The van der Waals surface area contributed by atoms with Crippen molar-refractivity contribution >= 4 is 18.5 Å². The Hall–Kier alpha value is -0.520. The van der Waals surface area contributed by atoms with Crippen LogP contribution in [0.1, 0.15) is 0 Å². The first kappa shape index (κ1) is 10.6. The van der Waals surface area contributed by atoms with Gasteiger partial charge < -0.3 is 24.9 Å². The van der Waals surface area contributed by atoms with Gasteiger partial charge in [-0.1, -0.05) is 0 Å². The Morgan fingerprint density at radius 1 is 1.38 bits per heavy atom. The summed E-state index contributed by atoms with van der Waals surface area (Å²) in [7, 11) is 0. The van der Waals surface area contributed by atoms with Gasteiger partial charge in [0.2, 0.25) is 0 Å². The van der Waals surface area contributed by atoms with Crippen LogP contribution in [0.3, 0.4) is 0 Å². The summed E-state index contributed by atoms with van der Waals surface area (Å²) in [5.41, 5.74) is 0. The Bertz CT molecular complexity index is 190. The summed E-state index contributed by atoms with van der Waals surface area (Å²) in [4.78, 5) is 11.8. The zero-order chi connectivity index (χ0) is 8.55. The van der Waals surface area contributed by atoms with Crippen molar-refractivity contribution in [3.05, 3.63) is 0 Å². The van der Waals surface area contributed by atoms with Crippen LogP contribution in [0.5, 0.6) is 0 Å². The number of nitrogens with zero attached hydrogens (tertiary/aromatic N) is 1.